The number of hydrogen-bond donors (Lipinski definition) is 0. The number of para-hydroxylation sites is 2. The van der Waals surface area contributed by atoms with Gasteiger partial charge in [0.25, 0.3) is 5.56 Å². The second-order valence-electron chi connectivity index (χ2n) is 7.59. The normalized spacial score (nSPS) is 11.2. The minimum Gasteiger partial charge on any atom is -0.338 e. The second kappa shape index (κ2) is 9.42. The van der Waals surface area contributed by atoms with E-state index >= 15 is 0 Å². The Hall–Kier alpha value is -3.71. The van der Waals surface area contributed by atoms with E-state index in [1.54, 1.807) is 4.57 Å². The molecule has 3 aromatic carbocycles. The van der Waals surface area contributed by atoms with Crippen molar-refractivity contribution < 1.29 is 4.52 Å². The van der Waals surface area contributed by atoms with E-state index in [2.05, 4.69) is 17.1 Å². The maximum Gasteiger partial charge on any atom is 0.266 e. The van der Waals surface area contributed by atoms with Gasteiger partial charge in [-0.25, -0.2) is 4.98 Å². The van der Waals surface area contributed by atoms with Crippen molar-refractivity contribution in [3.05, 3.63) is 112 Å². The molecule has 0 bridgehead atoms. The monoisotopic (exact) mass is 454 g/mol. The van der Waals surface area contributed by atoms with Crippen molar-refractivity contribution >= 4 is 22.7 Å². The third-order valence-electron chi connectivity index (χ3n) is 5.40. The first-order valence-corrected chi connectivity index (χ1v) is 11.8. The van der Waals surface area contributed by atoms with Crippen LogP contribution in [-0.4, -0.2) is 19.7 Å². The van der Waals surface area contributed by atoms with Gasteiger partial charge in [0, 0.05) is 6.42 Å². The van der Waals surface area contributed by atoms with Crippen molar-refractivity contribution in [1.29, 1.82) is 0 Å². The molecule has 0 amide bonds. The first kappa shape index (κ1) is 21.2. The Labute approximate surface area is 195 Å². The van der Waals surface area contributed by atoms with Crippen molar-refractivity contribution in [1.82, 2.24) is 19.7 Å². The maximum absolute atomic E-state index is 13.5. The Kier molecular flexibility index (Phi) is 6.04. The number of fused-ring (bicyclic) bond motifs is 1. The second-order valence-corrected chi connectivity index (χ2v) is 8.53. The molecule has 0 aliphatic heterocycles. The number of benzene rings is 3. The molecule has 5 rings (SSSR count). The third kappa shape index (κ3) is 4.45. The van der Waals surface area contributed by atoms with Crippen LogP contribution in [0.2, 0.25) is 0 Å². The number of hydrogen-bond acceptors (Lipinski definition) is 6. The van der Waals surface area contributed by atoms with E-state index in [0.717, 1.165) is 23.2 Å². The van der Waals surface area contributed by atoms with E-state index in [1.807, 2.05) is 78.9 Å². The Morgan fingerprint density at radius 2 is 1.67 bits per heavy atom. The summed E-state index contributed by atoms with van der Waals surface area (Å²) < 4.78 is 7.17. The van der Waals surface area contributed by atoms with E-state index < -0.39 is 0 Å². The van der Waals surface area contributed by atoms with Gasteiger partial charge in [0.2, 0.25) is 5.89 Å². The summed E-state index contributed by atoms with van der Waals surface area (Å²) >= 11 is 1.42. The zero-order chi connectivity index (χ0) is 22.6. The van der Waals surface area contributed by atoms with E-state index in [1.165, 1.54) is 11.8 Å². The van der Waals surface area contributed by atoms with Crippen LogP contribution in [0.1, 0.15) is 29.8 Å². The highest BCUT2D eigenvalue weighted by Crippen LogP contribution is 2.26. The zero-order valence-electron chi connectivity index (χ0n) is 18.1. The van der Waals surface area contributed by atoms with Crippen LogP contribution in [0.3, 0.4) is 0 Å². The number of aromatic nitrogens is 4. The summed E-state index contributed by atoms with van der Waals surface area (Å²) in [7, 11) is 0. The van der Waals surface area contributed by atoms with Crippen LogP contribution in [0.25, 0.3) is 16.6 Å². The molecule has 6 nitrogen and oxygen atoms in total. The lowest BCUT2D eigenvalue weighted by Gasteiger charge is -2.15. The molecule has 0 aliphatic rings. The van der Waals surface area contributed by atoms with E-state index in [0.29, 0.717) is 39.9 Å². The van der Waals surface area contributed by atoms with Crippen LogP contribution in [0, 0.1) is 0 Å². The van der Waals surface area contributed by atoms with Crippen molar-refractivity contribution in [3.63, 3.8) is 0 Å². The number of aryl methyl sites for hydroxylation is 1. The molecule has 0 saturated heterocycles. The highest BCUT2D eigenvalue weighted by molar-refractivity contribution is 7.98. The lowest BCUT2D eigenvalue weighted by atomic mass is 10.1. The molecular formula is C26H22N4O2S. The first-order chi connectivity index (χ1) is 16.2. The molecule has 0 N–H and O–H groups in total. The van der Waals surface area contributed by atoms with Gasteiger partial charge in [0.1, 0.15) is 0 Å². The highest BCUT2D eigenvalue weighted by Gasteiger charge is 2.17. The molecule has 2 heterocycles. The van der Waals surface area contributed by atoms with Crippen LogP contribution in [-0.2, 0) is 18.6 Å². The molecule has 0 aliphatic carbocycles. The molecule has 33 heavy (non-hydrogen) atoms. The van der Waals surface area contributed by atoms with Gasteiger partial charge in [-0.2, -0.15) is 4.98 Å². The van der Waals surface area contributed by atoms with Crippen LogP contribution >= 0.6 is 11.8 Å². The molecule has 0 radical (unpaired) electrons. The molecule has 0 unspecified atom stereocenters. The van der Waals surface area contributed by atoms with Crippen LogP contribution in [0.5, 0.6) is 0 Å². The fraction of sp³-hybridized carbons (Fsp3) is 0.154. The first-order valence-electron chi connectivity index (χ1n) is 10.8. The lowest BCUT2D eigenvalue weighted by molar-refractivity contribution is 0.385. The third-order valence-corrected chi connectivity index (χ3v) is 6.32. The van der Waals surface area contributed by atoms with Gasteiger partial charge in [-0.3, -0.25) is 9.36 Å². The van der Waals surface area contributed by atoms with E-state index in [-0.39, 0.29) is 5.56 Å². The topological polar surface area (TPSA) is 73.8 Å². The summed E-state index contributed by atoms with van der Waals surface area (Å²) in [4.78, 5) is 22.8. The predicted octanol–water partition coefficient (Wildman–Crippen LogP) is 5.21. The lowest BCUT2D eigenvalue weighted by Crippen LogP contribution is -2.22. The average Bonchev–Trinajstić information content (AvgIpc) is 3.31. The van der Waals surface area contributed by atoms with Gasteiger partial charge in [-0.15, -0.1) is 0 Å². The number of rotatable bonds is 7. The fourth-order valence-corrected chi connectivity index (χ4v) is 4.62. The van der Waals surface area contributed by atoms with Crippen LogP contribution in [0.15, 0.2) is 93.3 Å². The molecule has 0 saturated carbocycles. The molecule has 0 atom stereocenters. The summed E-state index contributed by atoms with van der Waals surface area (Å²) in [5, 5.41) is 5.30. The minimum absolute atomic E-state index is 0.0840. The van der Waals surface area contributed by atoms with Crippen molar-refractivity contribution in [2.24, 2.45) is 0 Å². The predicted molar refractivity (Wildman–Crippen MR) is 130 cm³/mol. The summed E-state index contributed by atoms with van der Waals surface area (Å²) in [6.07, 6.45) is 1.42. The minimum atomic E-state index is -0.0840. The summed E-state index contributed by atoms with van der Waals surface area (Å²) in [5.41, 5.74) is 3.64. The van der Waals surface area contributed by atoms with Gasteiger partial charge in [0.15, 0.2) is 11.0 Å². The van der Waals surface area contributed by atoms with E-state index in [9.17, 15) is 4.79 Å². The molecule has 0 spiro atoms. The van der Waals surface area contributed by atoms with Gasteiger partial charge in [-0.1, -0.05) is 84.5 Å². The molecular weight excluding hydrogens is 432 g/mol. The summed E-state index contributed by atoms with van der Waals surface area (Å²) in [6.45, 7) is 2.08. The highest BCUT2D eigenvalue weighted by atomic mass is 32.2. The molecule has 0 fully saturated rings. The summed E-state index contributed by atoms with van der Waals surface area (Å²) in [6, 6.07) is 25.4. The average molecular weight is 455 g/mol. The smallest absolute Gasteiger partial charge is 0.266 e. The quantitative estimate of drug-likeness (QED) is 0.248. The van der Waals surface area contributed by atoms with Gasteiger partial charge >= 0.3 is 0 Å². The van der Waals surface area contributed by atoms with Gasteiger partial charge < -0.3 is 4.52 Å². The van der Waals surface area contributed by atoms with Crippen LogP contribution < -0.4 is 5.56 Å². The standard InChI is InChI=1S/C26H22N4O2S/c1-2-19-12-6-9-15-22(19)30-25(31)20-13-7-8-14-21(20)27-26(30)33-17-24-28-23(29-32-24)16-18-10-4-3-5-11-18/h3-15H,2,16-17H2,1H3. The van der Waals surface area contributed by atoms with Gasteiger partial charge in [0.05, 0.1) is 22.3 Å². The Balaban J connectivity index is 1.49. The van der Waals surface area contributed by atoms with Crippen molar-refractivity contribution in [2.45, 2.75) is 30.7 Å². The Morgan fingerprint density at radius 1 is 0.909 bits per heavy atom. The van der Waals surface area contributed by atoms with E-state index in [4.69, 9.17) is 9.51 Å². The molecule has 5 aromatic rings. The SMILES string of the molecule is CCc1ccccc1-n1c(SCc2nc(Cc3ccccc3)no2)nc2ccccc2c1=O. The number of thioether (sulfide) groups is 1. The molecule has 164 valence electrons. The Bertz CT molecular complexity index is 1460. The molecule has 7 heteroatoms. The van der Waals surface area contributed by atoms with Crippen molar-refractivity contribution in [3.8, 4) is 5.69 Å². The molecule has 2 aromatic heterocycles. The zero-order valence-corrected chi connectivity index (χ0v) is 19.0. The maximum atomic E-state index is 13.5. The van der Waals surface area contributed by atoms with Gasteiger partial charge in [-0.05, 0) is 35.7 Å². The summed E-state index contributed by atoms with van der Waals surface area (Å²) in [5.74, 6) is 1.56. The number of nitrogens with zero attached hydrogens (tertiary/aromatic N) is 4. The van der Waals surface area contributed by atoms with Crippen molar-refractivity contribution in [2.75, 3.05) is 0 Å². The van der Waals surface area contributed by atoms with Crippen LogP contribution in [0.4, 0.5) is 0 Å². The largest absolute Gasteiger partial charge is 0.338 e. The fourth-order valence-electron chi connectivity index (χ4n) is 3.77. The Morgan fingerprint density at radius 3 is 2.52 bits per heavy atom.